The molecule has 4 nitrogen and oxygen atoms in total. The first-order valence-electron chi connectivity index (χ1n) is 3.26. The molecule has 1 aromatic heterocycles. The summed E-state index contributed by atoms with van der Waals surface area (Å²) in [5.41, 5.74) is 7.46. The first kappa shape index (κ1) is 5.73. The molecule has 0 spiro atoms. The summed E-state index contributed by atoms with van der Waals surface area (Å²) in [7, 11) is 0. The topological polar surface area (TPSA) is 64.1 Å². The third-order valence-corrected chi connectivity index (χ3v) is 1.84. The standard InChI is InChI=1S/C6H9N3O/c1-3-5-4(2-8-3)6(7)10-9-5/h3,8H,2,7H2,1H3. The fraction of sp³-hybridized carbons (Fsp3) is 0.500. The summed E-state index contributed by atoms with van der Waals surface area (Å²) in [6, 6.07) is 0.288. The molecule has 2 heterocycles. The lowest BCUT2D eigenvalue weighted by atomic mass is 10.2. The molecule has 0 saturated carbocycles. The van der Waals surface area contributed by atoms with E-state index in [1.54, 1.807) is 0 Å². The molecule has 10 heavy (non-hydrogen) atoms. The lowest BCUT2D eigenvalue weighted by Crippen LogP contribution is -2.08. The van der Waals surface area contributed by atoms with Crippen LogP contribution in [0.4, 0.5) is 5.88 Å². The van der Waals surface area contributed by atoms with Crippen molar-refractivity contribution in [2.24, 2.45) is 0 Å². The van der Waals surface area contributed by atoms with Crippen LogP contribution in [-0.4, -0.2) is 5.16 Å². The average Bonchev–Trinajstić information content (AvgIpc) is 2.41. The summed E-state index contributed by atoms with van der Waals surface area (Å²) in [5, 5.41) is 7.02. The Hall–Kier alpha value is -1.03. The number of fused-ring (bicyclic) bond motifs is 1. The van der Waals surface area contributed by atoms with Gasteiger partial charge in [-0.3, -0.25) is 0 Å². The average molecular weight is 139 g/mol. The van der Waals surface area contributed by atoms with Crippen molar-refractivity contribution in [3.63, 3.8) is 0 Å². The van der Waals surface area contributed by atoms with Gasteiger partial charge in [-0.15, -0.1) is 0 Å². The molecule has 3 N–H and O–H groups in total. The van der Waals surface area contributed by atoms with Gasteiger partial charge in [0.1, 0.15) is 5.69 Å². The van der Waals surface area contributed by atoms with Crippen molar-refractivity contribution in [3.8, 4) is 0 Å². The third kappa shape index (κ3) is 0.565. The maximum atomic E-state index is 5.48. The van der Waals surface area contributed by atoms with Crippen LogP contribution >= 0.6 is 0 Å². The number of hydrogen-bond donors (Lipinski definition) is 2. The Morgan fingerprint density at radius 1 is 1.80 bits per heavy atom. The van der Waals surface area contributed by atoms with Gasteiger partial charge in [-0.05, 0) is 6.92 Å². The molecule has 54 valence electrons. The predicted octanol–water partition coefficient (Wildman–Crippen LogP) is 0.421. The van der Waals surface area contributed by atoms with Crippen LogP contribution in [0.3, 0.4) is 0 Å². The first-order chi connectivity index (χ1) is 4.79. The van der Waals surface area contributed by atoms with Gasteiger partial charge in [0.25, 0.3) is 0 Å². The van der Waals surface area contributed by atoms with E-state index in [0.29, 0.717) is 5.88 Å². The zero-order valence-electron chi connectivity index (χ0n) is 5.72. The van der Waals surface area contributed by atoms with Gasteiger partial charge in [-0.25, -0.2) is 0 Å². The number of aromatic nitrogens is 1. The van der Waals surface area contributed by atoms with Gasteiger partial charge in [0.15, 0.2) is 0 Å². The van der Waals surface area contributed by atoms with Crippen LogP contribution in [0, 0.1) is 0 Å². The molecular weight excluding hydrogens is 130 g/mol. The molecular formula is C6H9N3O. The van der Waals surface area contributed by atoms with Crippen LogP contribution in [0.15, 0.2) is 4.52 Å². The minimum absolute atomic E-state index is 0.288. The van der Waals surface area contributed by atoms with Gasteiger partial charge < -0.3 is 15.6 Å². The smallest absolute Gasteiger partial charge is 0.226 e. The van der Waals surface area contributed by atoms with Crippen LogP contribution in [0.5, 0.6) is 0 Å². The second-order valence-corrected chi connectivity index (χ2v) is 2.51. The summed E-state index contributed by atoms with van der Waals surface area (Å²) in [5.74, 6) is 0.451. The predicted molar refractivity (Wildman–Crippen MR) is 36.2 cm³/mol. The summed E-state index contributed by atoms with van der Waals surface area (Å²) in [6.45, 7) is 2.82. The summed E-state index contributed by atoms with van der Waals surface area (Å²) in [4.78, 5) is 0. The van der Waals surface area contributed by atoms with Gasteiger partial charge in [0, 0.05) is 6.54 Å². The Morgan fingerprint density at radius 2 is 2.60 bits per heavy atom. The molecule has 1 aliphatic heterocycles. The van der Waals surface area contributed by atoms with Crippen molar-refractivity contribution in [2.75, 3.05) is 5.73 Å². The van der Waals surface area contributed by atoms with E-state index in [-0.39, 0.29) is 6.04 Å². The van der Waals surface area contributed by atoms with Crippen LogP contribution in [0.2, 0.25) is 0 Å². The van der Waals surface area contributed by atoms with E-state index >= 15 is 0 Å². The second-order valence-electron chi connectivity index (χ2n) is 2.51. The number of hydrogen-bond acceptors (Lipinski definition) is 4. The minimum atomic E-state index is 0.288. The lowest BCUT2D eigenvalue weighted by Gasteiger charge is -1.97. The highest BCUT2D eigenvalue weighted by atomic mass is 16.5. The van der Waals surface area contributed by atoms with Crippen LogP contribution in [0.25, 0.3) is 0 Å². The highest BCUT2D eigenvalue weighted by molar-refractivity contribution is 5.42. The number of nitrogen functional groups attached to an aromatic ring is 1. The van der Waals surface area contributed by atoms with Crippen molar-refractivity contribution in [2.45, 2.75) is 19.5 Å². The molecule has 0 aromatic carbocycles. The molecule has 1 aliphatic rings. The van der Waals surface area contributed by atoms with E-state index in [2.05, 4.69) is 10.5 Å². The van der Waals surface area contributed by atoms with E-state index < -0.39 is 0 Å². The number of anilines is 1. The molecule has 1 unspecified atom stereocenters. The Kier molecular flexibility index (Phi) is 0.990. The molecule has 0 amide bonds. The number of nitrogens with one attached hydrogen (secondary N) is 1. The fourth-order valence-corrected chi connectivity index (χ4v) is 1.20. The maximum absolute atomic E-state index is 5.48. The molecule has 1 aromatic rings. The van der Waals surface area contributed by atoms with Gasteiger partial charge >= 0.3 is 0 Å². The number of nitrogens with two attached hydrogens (primary N) is 1. The van der Waals surface area contributed by atoms with Gasteiger partial charge in [0.2, 0.25) is 5.88 Å². The Bertz CT molecular complexity index is 255. The van der Waals surface area contributed by atoms with Crippen molar-refractivity contribution in [1.29, 1.82) is 0 Å². The first-order valence-corrected chi connectivity index (χ1v) is 3.26. The zero-order valence-corrected chi connectivity index (χ0v) is 5.72. The normalized spacial score (nSPS) is 23.1. The van der Waals surface area contributed by atoms with Crippen LogP contribution in [-0.2, 0) is 6.54 Å². The highest BCUT2D eigenvalue weighted by Gasteiger charge is 2.24. The van der Waals surface area contributed by atoms with Crippen molar-refractivity contribution in [3.05, 3.63) is 11.3 Å². The quantitative estimate of drug-likeness (QED) is 0.546. The van der Waals surface area contributed by atoms with E-state index in [4.69, 9.17) is 10.3 Å². The van der Waals surface area contributed by atoms with E-state index in [1.807, 2.05) is 6.92 Å². The molecule has 0 saturated heterocycles. The molecule has 2 rings (SSSR count). The van der Waals surface area contributed by atoms with Crippen LogP contribution < -0.4 is 11.1 Å². The molecule has 0 bridgehead atoms. The lowest BCUT2D eigenvalue weighted by molar-refractivity contribution is 0.411. The monoisotopic (exact) mass is 139 g/mol. The highest BCUT2D eigenvalue weighted by Crippen LogP contribution is 2.27. The Morgan fingerprint density at radius 3 is 3.30 bits per heavy atom. The summed E-state index contributed by atoms with van der Waals surface area (Å²) >= 11 is 0. The van der Waals surface area contributed by atoms with Crippen LogP contribution in [0.1, 0.15) is 24.2 Å². The van der Waals surface area contributed by atoms with Crippen molar-refractivity contribution < 1.29 is 4.52 Å². The third-order valence-electron chi connectivity index (χ3n) is 1.84. The van der Waals surface area contributed by atoms with Gasteiger partial charge in [-0.2, -0.15) is 0 Å². The largest absolute Gasteiger partial charge is 0.367 e. The number of nitrogens with zero attached hydrogens (tertiary/aromatic N) is 1. The van der Waals surface area contributed by atoms with Gasteiger partial charge in [-0.1, -0.05) is 5.16 Å². The molecule has 0 radical (unpaired) electrons. The fourth-order valence-electron chi connectivity index (χ4n) is 1.20. The molecule has 0 fully saturated rings. The zero-order chi connectivity index (χ0) is 7.14. The number of rotatable bonds is 0. The second kappa shape index (κ2) is 1.73. The Balaban J connectivity index is 2.53. The van der Waals surface area contributed by atoms with Crippen molar-refractivity contribution >= 4 is 5.88 Å². The molecule has 0 aliphatic carbocycles. The van der Waals surface area contributed by atoms with E-state index in [1.165, 1.54) is 0 Å². The summed E-state index contributed by atoms with van der Waals surface area (Å²) < 4.78 is 4.80. The summed E-state index contributed by atoms with van der Waals surface area (Å²) in [6.07, 6.45) is 0. The minimum Gasteiger partial charge on any atom is -0.367 e. The molecule has 1 atom stereocenters. The Labute approximate surface area is 58.4 Å². The maximum Gasteiger partial charge on any atom is 0.226 e. The molecule has 4 heteroatoms. The van der Waals surface area contributed by atoms with E-state index in [9.17, 15) is 0 Å². The van der Waals surface area contributed by atoms with Gasteiger partial charge in [0.05, 0.1) is 11.6 Å². The van der Waals surface area contributed by atoms with Crippen molar-refractivity contribution in [1.82, 2.24) is 10.5 Å². The SMILES string of the molecule is CC1NCc2c1noc2N. The van der Waals surface area contributed by atoms with E-state index in [0.717, 1.165) is 17.8 Å².